The van der Waals surface area contributed by atoms with Crippen molar-refractivity contribution in [2.45, 2.75) is 84.8 Å². The molecule has 0 spiro atoms. The smallest absolute Gasteiger partial charge is 0.338 e. The SMILES string of the molecule is CCOc1cc(C(=O)OC(C)(C)C)ccc1NCc1cc(C2CC2)cc(C(C)(C)C)c1. The molecule has 0 atom stereocenters. The van der Waals surface area contributed by atoms with E-state index in [2.05, 4.69) is 44.3 Å². The Morgan fingerprint density at radius 2 is 1.74 bits per heavy atom. The topological polar surface area (TPSA) is 47.6 Å². The Hall–Kier alpha value is -2.49. The number of ether oxygens (including phenoxy) is 2. The summed E-state index contributed by atoms with van der Waals surface area (Å²) in [7, 11) is 0. The summed E-state index contributed by atoms with van der Waals surface area (Å²) >= 11 is 0. The molecule has 2 aromatic rings. The lowest BCUT2D eigenvalue weighted by Crippen LogP contribution is -2.23. The molecule has 31 heavy (non-hydrogen) atoms. The molecule has 2 aromatic carbocycles. The number of rotatable bonds is 7. The van der Waals surface area contributed by atoms with Gasteiger partial charge in [0.05, 0.1) is 17.9 Å². The standard InChI is InChI=1S/C27H37NO3/c1-8-30-24-16-20(25(29)31-27(5,6)7)11-12-23(24)28-17-18-13-21(19-9-10-19)15-22(14-18)26(2,3)4/h11-16,19,28H,8-10,17H2,1-7H3. The van der Waals surface area contributed by atoms with Gasteiger partial charge in [0.15, 0.2) is 0 Å². The van der Waals surface area contributed by atoms with E-state index in [4.69, 9.17) is 9.47 Å². The maximum absolute atomic E-state index is 12.4. The maximum Gasteiger partial charge on any atom is 0.338 e. The molecule has 0 unspecified atom stereocenters. The van der Waals surface area contributed by atoms with Gasteiger partial charge in [-0.2, -0.15) is 0 Å². The van der Waals surface area contributed by atoms with Crippen LogP contribution in [-0.2, 0) is 16.7 Å². The highest BCUT2D eigenvalue weighted by Gasteiger charge is 2.26. The Morgan fingerprint density at radius 3 is 2.32 bits per heavy atom. The second-order valence-corrected chi connectivity index (χ2v) is 10.5. The zero-order valence-electron chi connectivity index (χ0n) is 20.1. The number of esters is 1. The average Bonchev–Trinajstić information content (AvgIpc) is 3.50. The van der Waals surface area contributed by atoms with Crippen molar-refractivity contribution in [2.24, 2.45) is 0 Å². The first kappa shape index (κ1) is 23.2. The molecule has 0 heterocycles. The Balaban J connectivity index is 1.81. The van der Waals surface area contributed by atoms with Gasteiger partial charge in [-0.25, -0.2) is 4.79 Å². The summed E-state index contributed by atoms with van der Waals surface area (Å²) in [6, 6.07) is 12.5. The van der Waals surface area contributed by atoms with Crippen LogP contribution in [0.3, 0.4) is 0 Å². The van der Waals surface area contributed by atoms with Crippen molar-refractivity contribution in [3.05, 3.63) is 58.7 Å². The normalized spacial score (nSPS) is 14.3. The van der Waals surface area contributed by atoms with Crippen LogP contribution in [0.15, 0.2) is 36.4 Å². The molecule has 0 aliphatic heterocycles. The summed E-state index contributed by atoms with van der Waals surface area (Å²) in [4.78, 5) is 12.4. The van der Waals surface area contributed by atoms with Gasteiger partial charge in [0.25, 0.3) is 0 Å². The van der Waals surface area contributed by atoms with Crippen LogP contribution >= 0.6 is 0 Å². The predicted octanol–water partition coefficient (Wildman–Crippen LogP) is 6.83. The van der Waals surface area contributed by atoms with Gasteiger partial charge in [0, 0.05) is 6.54 Å². The summed E-state index contributed by atoms with van der Waals surface area (Å²) in [5, 5.41) is 3.52. The highest BCUT2D eigenvalue weighted by atomic mass is 16.6. The lowest BCUT2D eigenvalue weighted by atomic mass is 9.84. The predicted molar refractivity (Wildman–Crippen MR) is 127 cm³/mol. The van der Waals surface area contributed by atoms with Crippen molar-refractivity contribution in [2.75, 3.05) is 11.9 Å². The second-order valence-electron chi connectivity index (χ2n) is 10.5. The van der Waals surface area contributed by atoms with Crippen LogP contribution in [-0.4, -0.2) is 18.2 Å². The molecule has 4 nitrogen and oxygen atoms in total. The lowest BCUT2D eigenvalue weighted by Gasteiger charge is -2.22. The van der Waals surface area contributed by atoms with E-state index in [9.17, 15) is 4.79 Å². The molecule has 1 aliphatic rings. The number of carbonyl (C=O) groups is 1. The molecule has 168 valence electrons. The van der Waals surface area contributed by atoms with Gasteiger partial charge in [0.1, 0.15) is 11.4 Å². The average molecular weight is 424 g/mol. The number of anilines is 1. The van der Waals surface area contributed by atoms with Crippen molar-refractivity contribution in [3.63, 3.8) is 0 Å². The van der Waals surface area contributed by atoms with E-state index in [1.54, 1.807) is 12.1 Å². The Morgan fingerprint density at radius 1 is 1.03 bits per heavy atom. The van der Waals surface area contributed by atoms with Crippen molar-refractivity contribution >= 4 is 11.7 Å². The fraction of sp³-hybridized carbons (Fsp3) is 0.519. The number of hydrogen-bond donors (Lipinski definition) is 1. The van der Waals surface area contributed by atoms with E-state index < -0.39 is 5.60 Å². The third kappa shape index (κ3) is 6.49. The summed E-state index contributed by atoms with van der Waals surface area (Å²) in [6.45, 7) is 15.6. The van der Waals surface area contributed by atoms with E-state index in [-0.39, 0.29) is 11.4 Å². The fourth-order valence-electron chi connectivity index (χ4n) is 3.51. The van der Waals surface area contributed by atoms with Crippen molar-refractivity contribution in [3.8, 4) is 5.75 Å². The first-order chi connectivity index (χ1) is 14.5. The highest BCUT2D eigenvalue weighted by Crippen LogP contribution is 2.42. The number of hydrogen-bond acceptors (Lipinski definition) is 4. The minimum absolute atomic E-state index is 0.116. The molecule has 4 heteroatoms. The van der Waals surface area contributed by atoms with Crippen molar-refractivity contribution in [1.82, 2.24) is 0 Å². The molecular formula is C27H37NO3. The molecule has 0 saturated heterocycles. The third-order valence-corrected chi connectivity index (χ3v) is 5.33. The Labute approximate surface area is 187 Å². The van der Waals surface area contributed by atoms with Gasteiger partial charge in [-0.15, -0.1) is 0 Å². The molecule has 0 bridgehead atoms. The molecule has 1 saturated carbocycles. The number of carbonyl (C=O) groups excluding carboxylic acids is 1. The molecule has 3 rings (SSSR count). The van der Waals surface area contributed by atoms with Crippen molar-refractivity contribution in [1.29, 1.82) is 0 Å². The molecule has 0 amide bonds. The van der Waals surface area contributed by atoms with Gasteiger partial charge >= 0.3 is 5.97 Å². The summed E-state index contributed by atoms with van der Waals surface area (Å²) < 4.78 is 11.3. The van der Waals surface area contributed by atoms with Gasteiger partial charge in [0.2, 0.25) is 0 Å². The van der Waals surface area contributed by atoms with E-state index in [1.807, 2.05) is 33.8 Å². The Kier molecular flexibility index (Phi) is 6.68. The fourth-order valence-corrected chi connectivity index (χ4v) is 3.51. The quantitative estimate of drug-likeness (QED) is 0.496. The van der Waals surface area contributed by atoms with Crippen LogP contribution in [0.4, 0.5) is 5.69 Å². The minimum Gasteiger partial charge on any atom is -0.492 e. The van der Waals surface area contributed by atoms with Gasteiger partial charge < -0.3 is 14.8 Å². The van der Waals surface area contributed by atoms with E-state index in [1.165, 1.54) is 29.5 Å². The van der Waals surface area contributed by atoms with Gasteiger partial charge in [-0.3, -0.25) is 0 Å². The molecule has 1 N–H and O–H groups in total. The molecule has 0 aromatic heterocycles. The zero-order valence-corrected chi connectivity index (χ0v) is 20.1. The van der Waals surface area contributed by atoms with Crippen LogP contribution in [0.2, 0.25) is 0 Å². The van der Waals surface area contributed by atoms with Gasteiger partial charge in [-0.1, -0.05) is 39.0 Å². The molecule has 0 radical (unpaired) electrons. The lowest BCUT2D eigenvalue weighted by molar-refractivity contribution is 0.00691. The summed E-state index contributed by atoms with van der Waals surface area (Å²) in [5.41, 5.74) is 5.06. The first-order valence-corrected chi connectivity index (χ1v) is 11.3. The Bertz CT molecular complexity index is 930. The summed E-state index contributed by atoms with van der Waals surface area (Å²) in [5.74, 6) is 1.04. The van der Waals surface area contributed by atoms with E-state index in [0.717, 1.165) is 5.69 Å². The van der Waals surface area contributed by atoms with E-state index in [0.29, 0.717) is 30.4 Å². The first-order valence-electron chi connectivity index (χ1n) is 11.3. The van der Waals surface area contributed by atoms with Gasteiger partial charge in [-0.05, 0) is 86.8 Å². The summed E-state index contributed by atoms with van der Waals surface area (Å²) in [6.07, 6.45) is 2.59. The third-order valence-electron chi connectivity index (χ3n) is 5.33. The molecular weight excluding hydrogens is 386 g/mol. The van der Waals surface area contributed by atoms with Crippen molar-refractivity contribution < 1.29 is 14.3 Å². The minimum atomic E-state index is -0.531. The second kappa shape index (κ2) is 8.94. The zero-order chi connectivity index (χ0) is 22.8. The maximum atomic E-state index is 12.4. The van der Waals surface area contributed by atoms with Crippen LogP contribution < -0.4 is 10.1 Å². The van der Waals surface area contributed by atoms with Crippen LogP contribution in [0.1, 0.15) is 94.3 Å². The largest absolute Gasteiger partial charge is 0.492 e. The monoisotopic (exact) mass is 423 g/mol. The molecule has 1 fully saturated rings. The van der Waals surface area contributed by atoms with E-state index >= 15 is 0 Å². The van der Waals surface area contributed by atoms with Crippen LogP contribution in [0.5, 0.6) is 5.75 Å². The van der Waals surface area contributed by atoms with Crippen LogP contribution in [0.25, 0.3) is 0 Å². The number of benzene rings is 2. The highest BCUT2D eigenvalue weighted by molar-refractivity contribution is 5.91. The molecule has 1 aliphatic carbocycles. The number of nitrogens with one attached hydrogen (secondary N) is 1. The van der Waals surface area contributed by atoms with Crippen LogP contribution in [0, 0.1) is 0 Å².